The van der Waals surface area contributed by atoms with Gasteiger partial charge in [0.25, 0.3) is 0 Å². The Morgan fingerprint density at radius 1 is 0.759 bits per heavy atom. The lowest BCUT2D eigenvalue weighted by molar-refractivity contribution is -0.116. The number of carbonyl (C=O) groups is 3. The van der Waals surface area contributed by atoms with Crippen molar-refractivity contribution in [1.29, 1.82) is 0 Å². The lowest BCUT2D eigenvalue weighted by atomic mass is 9.84. The lowest BCUT2D eigenvalue weighted by Gasteiger charge is -2.18. The molecule has 1 N–H and O–H groups in total. The van der Waals surface area contributed by atoms with Crippen LogP contribution >= 0.6 is 11.8 Å². The zero-order valence-electron chi connectivity index (χ0n) is 15.7. The van der Waals surface area contributed by atoms with Crippen molar-refractivity contribution in [3.63, 3.8) is 0 Å². The number of fused-ring (bicyclic) bond motifs is 2. The summed E-state index contributed by atoms with van der Waals surface area (Å²) in [5.41, 5.74) is 2.09. The van der Waals surface area contributed by atoms with Gasteiger partial charge in [-0.1, -0.05) is 42.5 Å². The first-order chi connectivity index (χ1) is 14.1. The molecule has 0 spiro atoms. The monoisotopic (exact) mass is 401 g/mol. The Hall–Kier alpha value is -3.18. The van der Waals surface area contributed by atoms with E-state index in [4.69, 9.17) is 0 Å². The van der Waals surface area contributed by atoms with E-state index in [9.17, 15) is 14.4 Å². The summed E-state index contributed by atoms with van der Waals surface area (Å²) in [4.78, 5) is 38.9. The summed E-state index contributed by atoms with van der Waals surface area (Å²) in [6.45, 7) is 0. The molecule has 0 unspecified atom stereocenters. The quantitative estimate of drug-likeness (QED) is 0.366. The van der Waals surface area contributed by atoms with Gasteiger partial charge in [0.05, 0.1) is 0 Å². The molecule has 0 radical (unpaired) electrons. The van der Waals surface area contributed by atoms with Gasteiger partial charge < -0.3 is 5.32 Å². The number of hydrogen-bond donors (Lipinski definition) is 1. The minimum Gasteiger partial charge on any atom is -0.326 e. The fourth-order valence-corrected chi connectivity index (χ4v) is 4.21. The molecule has 1 aliphatic rings. The average Bonchev–Trinajstić information content (AvgIpc) is 2.76. The number of benzene rings is 3. The molecule has 144 valence electrons. The number of hydrogen-bond acceptors (Lipinski definition) is 4. The molecule has 0 bridgehead atoms. The van der Waals surface area contributed by atoms with Crippen LogP contribution in [0, 0.1) is 0 Å². The Morgan fingerprint density at radius 2 is 1.38 bits per heavy atom. The highest BCUT2D eigenvalue weighted by Crippen LogP contribution is 2.29. The number of thioether (sulfide) groups is 1. The van der Waals surface area contributed by atoms with E-state index in [1.807, 2.05) is 30.3 Å². The second-order valence-electron chi connectivity index (χ2n) is 6.78. The number of ketones is 2. The Labute approximate surface area is 173 Å². The Balaban J connectivity index is 1.38. The fraction of sp³-hybridized carbons (Fsp3) is 0.125. The van der Waals surface area contributed by atoms with E-state index >= 15 is 0 Å². The summed E-state index contributed by atoms with van der Waals surface area (Å²) >= 11 is 1.72. The fourth-order valence-electron chi connectivity index (χ4n) is 3.34. The molecule has 4 nitrogen and oxygen atoms in total. The highest BCUT2D eigenvalue weighted by atomic mass is 32.2. The third kappa shape index (κ3) is 4.15. The van der Waals surface area contributed by atoms with E-state index in [1.165, 1.54) is 4.90 Å². The van der Waals surface area contributed by atoms with Crippen molar-refractivity contribution in [2.75, 3.05) is 11.1 Å². The number of anilines is 1. The van der Waals surface area contributed by atoms with E-state index in [0.717, 1.165) is 12.2 Å². The SMILES string of the molecule is O=C(CCCSc1ccccc1)Nc1ccc2c(c1)C(=O)c1ccccc1C2=O. The second-order valence-corrected chi connectivity index (χ2v) is 7.95. The standard InChI is InChI=1S/C24H19NO3S/c26-22(11-6-14-29-17-7-2-1-3-8-17)25-16-12-13-20-21(15-16)24(28)19-10-5-4-9-18(19)23(20)27/h1-5,7-10,12-13,15H,6,11,14H2,(H,25,26). The summed E-state index contributed by atoms with van der Waals surface area (Å²) in [6.07, 6.45) is 1.15. The summed E-state index contributed by atoms with van der Waals surface area (Å²) in [6, 6.07) is 21.8. The molecule has 3 aromatic carbocycles. The van der Waals surface area contributed by atoms with E-state index in [-0.39, 0.29) is 17.5 Å². The molecule has 29 heavy (non-hydrogen) atoms. The zero-order chi connectivity index (χ0) is 20.2. The first kappa shape index (κ1) is 19.2. The molecule has 0 aliphatic heterocycles. The molecular formula is C24H19NO3S. The van der Waals surface area contributed by atoms with Crippen LogP contribution in [0.15, 0.2) is 77.7 Å². The van der Waals surface area contributed by atoms with E-state index < -0.39 is 0 Å². The van der Waals surface area contributed by atoms with E-state index in [2.05, 4.69) is 5.32 Å². The van der Waals surface area contributed by atoms with Gasteiger partial charge in [0.15, 0.2) is 11.6 Å². The predicted molar refractivity (Wildman–Crippen MR) is 115 cm³/mol. The van der Waals surface area contributed by atoms with Gasteiger partial charge in [0, 0.05) is 39.3 Å². The number of nitrogens with one attached hydrogen (secondary N) is 1. The van der Waals surface area contributed by atoms with Gasteiger partial charge in [-0.3, -0.25) is 14.4 Å². The van der Waals surface area contributed by atoms with E-state index in [0.29, 0.717) is 34.4 Å². The summed E-state index contributed by atoms with van der Waals surface area (Å²) < 4.78 is 0. The van der Waals surface area contributed by atoms with Crippen LogP contribution < -0.4 is 5.32 Å². The first-order valence-corrected chi connectivity index (χ1v) is 10.4. The average molecular weight is 401 g/mol. The molecule has 1 aliphatic carbocycles. The highest BCUT2D eigenvalue weighted by molar-refractivity contribution is 7.99. The maximum Gasteiger partial charge on any atom is 0.224 e. The van der Waals surface area contributed by atoms with Crippen LogP contribution in [-0.2, 0) is 4.79 Å². The normalized spacial score (nSPS) is 12.3. The topological polar surface area (TPSA) is 63.2 Å². The van der Waals surface area contributed by atoms with Gasteiger partial charge in [-0.2, -0.15) is 0 Å². The third-order valence-corrected chi connectivity index (χ3v) is 5.87. The molecule has 5 heteroatoms. The number of carbonyl (C=O) groups excluding carboxylic acids is 3. The van der Waals surface area contributed by atoms with Crippen molar-refractivity contribution in [2.24, 2.45) is 0 Å². The van der Waals surface area contributed by atoms with Crippen molar-refractivity contribution in [3.05, 3.63) is 95.1 Å². The molecule has 0 saturated heterocycles. The smallest absolute Gasteiger partial charge is 0.224 e. The molecular weight excluding hydrogens is 382 g/mol. The molecule has 0 aromatic heterocycles. The summed E-state index contributed by atoms with van der Waals surface area (Å²) in [5, 5.41) is 2.84. The van der Waals surface area contributed by atoms with Crippen LogP contribution in [-0.4, -0.2) is 23.2 Å². The van der Waals surface area contributed by atoms with Gasteiger partial charge in [-0.05, 0) is 42.5 Å². The minimum absolute atomic E-state index is 0.103. The molecule has 0 atom stereocenters. The van der Waals surface area contributed by atoms with Gasteiger partial charge in [-0.25, -0.2) is 0 Å². The zero-order valence-corrected chi connectivity index (χ0v) is 16.5. The van der Waals surface area contributed by atoms with Gasteiger partial charge >= 0.3 is 0 Å². The summed E-state index contributed by atoms with van der Waals surface area (Å²) in [5.74, 6) is 0.399. The minimum atomic E-state index is -0.189. The number of rotatable bonds is 6. The predicted octanol–water partition coefficient (Wildman–Crippen LogP) is 4.97. The van der Waals surface area contributed by atoms with Gasteiger partial charge in [0.1, 0.15) is 0 Å². The molecule has 0 fully saturated rings. The molecule has 3 aromatic rings. The highest BCUT2D eigenvalue weighted by Gasteiger charge is 2.29. The van der Waals surface area contributed by atoms with Crippen molar-refractivity contribution in [2.45, 2.75) is 17.7 Å². The molecule has 0 heterocycles. The maximum absolute atomic E-state index is 12.8. The van der Waals surface area contributed by atoms with Gasteiger partial charge in [0.2, 0.25) is 5.91 Å². The molecule has 0 saturated carbocycles. The van der Waals surface area contributed by atoms with E-state index in [1.54, 1.807) is 54.2 Å². The van der Waals surface area contributed by atoms with Crippen LogP contribution in [0.3, 0.4) is 0 Å². The van der Waals surface area contributed by atoms with Crippen LogP contribution in [0.5, 0.6) is 0 Å². The Kier molecular flexibility index (Phi) is 5.58. The summed E-state index contributed by atoms with van der Waals surface area (Å²) in [7, 11) is 0. The van der Waals surface area contributed by atoms with Crippen molar-refractivity contribution >= 4 is 34.9 Å². The maximum atomic E-state index is 12.8. The second kappa shape index (κ2) is 8.45. The van der Waals surface area contributed by atoms with Crippen LogP contribution in [0.25, 0.3) is 0 Å². The van der Waals surface area contributed by atoms with Crippen molar-refractivity contribution < 1.29 is 14.4 Å². The molecule has 1 amide bonds. The largest absolute Gasteiger partial charge is 0.326 e. The van der Waals surface area contributed by atoms with Crippen molar-refractivity contribution in [3.8, 4) is 0 Å². The Bertz CT molecular complexity index is 1090. The van der Waals surface area contributed by atoms with Crippen molar-refractivity contribution in [1.82, 2.24) is 0 Å². The van der Waals surface area contributed by atoms with Crippen LogP contribution in [0.1, 0.15) is 44.7 Å². The van der Waals surface area contributed by atoms with Gasteiger partial charge in [-0.15, -0.1) is 11.8 Å². The third-order valence-electron chi connectivity index (χ3n) is 4.77. The lowest BCUT2D eigenvalue weighted by Crippen LogP contribution is -2.21. The first-order valence-electron chi connectivity index (χ1n) is 9.43. The van der Waals surface area contributed by atoms with Crippen LogP contribution in [0.4, 0.5) is 5.69 Å². The molecule has 4 rings (SSSR count). The Morgan fingerprint density at radius 3 is 2.10 bits per heavy atom. The van der Waals surface area contributed by atoms with Crippen LogP contribution in [0.2, 0.25) is 0 Å². The number of amides is 1.